The van der Waals surface area contributed by atoms with E-state index in [0.29, 0.717) is 23.1 Å². The SMILES string of the molecule is CCOC(=O)C(CCCOC)(C(=O)O)c1ccccc1Br. The molecule has 1 aromatic carbocycles. The van der Waals surface area contributed by atoms with Gasteiger partial charge >= 0.3 is 11.9 Å². The van der Waals surface area contributed by atoms with Crippen molar-refractivity contribution < 1.29 is 24.2 Å². The molecule has 0 amide bonds. The number of esters is 1. The number of ether oxygens (including phenoxy) is 2. The largest absolute Gasteiger partial charge is 0.480 e. The van der Waals surface area contributed by atoms with Gasteiger partial charge in [0.2, 0.25) is 0 Å². The topological polar surface area (TPSA) is 72.8 Å². The second-order valence-corrected chi connectivity index (χ2v) is 5.36. The minimum Gasteiger partial charge on any atom is -0.480 e. The zero-order valence-corrected chi connectivity index (χ0v) is 13.7. The highest BCUT2D eigenvalue weighted by Crippen LogP contribution is 2.36. The van der Waals surface area contributed by atoms with Crippen molar-refractivity contribution in [2.45, 2.75) is 25.2 Å². The first kappa shape index (κ1) is 17.7. The lowest BCUT2D eigenvalue weighted by Gasteiger charge is -2.28. The molecule has 1 atom stereocenters. The maximum absolute atomic E-state index is 12.4. The summed E-state index contributed by atoms with van der Waals surface area (Å²) in [7, 11) is 1.53. The zero-order valence-electron chi connectivity index (χ0n) is 12.1. The van der Waals surface area contributed by atoms with Crippen LogP contribution in [0, 0.1) is 0 Å². The Morgan fingerprint density at radius 2 is 2.00 bits per heavy atom. The molecule has 0 fully saturated rings. The molecule has 0 aliphatic rings. The molecule has 1 N–H and O–H groups in total. The molecule has 0 spiro atoms. The summed E-state index contributed by atoms with van der Waals surface area (Å²) in [6.07, 6.45) is 0.542. The molecule has 0 radical (unpaired) electrons. The van der Waals surface area contributed by atoms with Crippen LogP contribution in [-0.4, -0.2) is 37.4 Å². The first-order valence-corrected chi connectivity index (χ1v) is 7.44. The van der Waals surface area contributed by atoms with Crippen LogP contribution in [0.25, 0.3) is 0 Å². The van der Waals surface area contributed by atoms with Crippen molar-refractivity contribution in [3.8, 4) is 0 Å². The molecule has 0 aliphatic carbocycles. The fourth-order valence-electron chi connectivity index (χ4n) is 2.20. The van der Waals surface area contributed by atoms with Gasteiger partial charge in [-0.1, -0.05) is 34.1 Å². The number of methoxy groups -OCH3 is 1. The Balaban J connectivity index is 3.33. The molecule has 116 valence electrons. The van der Waals surface area contributed by atoms with Crippen LogP contribution in [0.2, 0.25) is 0 Å². The number of halogens is 1. The average Bonchev–Trinajstić information content (AvgIpc) is 2.44. The molecule has 21 heavy (non-hydrogen) atoms. The van der Waals surface area contributed by atoms with Crippen LogP contribution in [-0.2, 0) is 24.5 Å². The summed E-state index contributed by atoms with van der Waals surface area (Å²) in [5.74, 6) is -1.97. The predicted molar refractivity (Wildman–Crippen MR) is 81.2 cm³/mol. The van der Waals surface area contributed by atoms with E-state index in [1.54, 1.807) is 31.2 Å². The van der Waals surface area contributed by atoms with Crippen molar-refractivity contribution in [1.29, 1.82) is 0 Å². The monoisotopic (exact) mass is 358 g/mol. The van der Waals surface area contributed by atoms with E-state index in [2.05, 4.69) is 15.9 Å². The number of carbonyl (C=O) groups is 2. The van der Waals surface area contributed by atoms with Crippen molar-refractivity contribution in [3.63, 3.8) is 0 Å². The van der Waals surface area contributed by atoms with E-state index in [9.17, 15) is 14.7 Å². The number of benzene rings is 1. The summed E-state index contributed by atoms with van der Waals surface area (Å²) < 4.78 is 10.6. The summed E-state index contributed by atoms with van der Waals surface area (Å²) in [5, 5.41) is 9.74. The number of carboxylic acid groups (broad SMARTS) is 1. The van der Waals surface area contributed by atoms with Crippen molar-refractivity contribution in [3.05, 3.63) is 34.3 Å². The average molecular weight is 359 g/mol. The van der Waals surface area contributed by atoms with Gasteiger partial charge < -0.3 is 14.6 Å². The van der Waals surface area contributed by atoms with Gasteiger partial charge in [0.05, 0.1) is 6.61 Å². The summed E-state index contributed by atoms with van der Waals surface area (Å²) in [5.41, 5.74) is -1.33. The van der Waals surface area contributed by atoms with Crippen LogP contribution >= 0.6 is 15.9 Å². The molecular formula is C15H19BrO5. The number of aliphatic carboxylic acids is 1. The minimum absolute atomic E-state index is 0.109. The van der Waals surface area contributed by atoms with E-state index in [4.69, 9.17) is 9.47 Å². The first-order valence-electron chi connectivity index (χ1n) is 6.65. The summed E-state index contributed by atoms with van der Waals surface area (Å²) in [4.78, 5) is 24.3. The molecule has 0 bridgehead atoms. The molecule has 0 aromatic heterocycles. The third-order valence-electron chi connectivity index (χ3n) is 3.22. The molecule has 0 saturated heterocycles. The van der Waals surface area contributed by atoms with Crippen LogP contribution < -0.4 is 0 Å². The Bertz CT molecular complexity index is 503. The molecule has 6 heteroatoms. The Labute approximate surface area is 132 Å². The van der Waals surface area contributed by atoms with Crippen LogP contribution in [0.15, 0.2) is 28.7 Å². The third-order valence-corrected chi connectivity index (χ3v) is 3.91. The highest BCUT2D eigenvalue weighted by atomic mass is 79.9. The minimum atomic E-state index is -1.73. The van der Waals surface area contributed by atoms with E-state index in [1.165, 1.54) is 7.11 Å². The van der Waals surface area contributed by atoms with E-state index in [-0.39, 0.29) is 13.0 Å². The Kier molecular flexibility index (Phi) is 6.84. The predicted octanol–water partition coefficient (Wildman–Crippen LogP) is 2.76. The second kappa shape index (κ2) is 8.14. The molecular weight excluding hydrogens is 340 g/mol. The van der Waals surface area contributed by atoms with Gasteiger partial charge in [-0.15, -0.1) is 0 Å². The van der Waals surface area contributed by atoms with E-state index in [0.717, 1.165) is 0 Å². The van der Waals surface area contributed by atoms with Gasteiger partial charge in [0.25, 0.3) is 0 Å². The van der Waals surface area contributed by atoms with Crippen molar-refractivity contribution >= 4 is 27.9 Å². The lowest BCUT2D eigenvalue weighted by Crippen LogP contribution is -2.45. The lowest BCUT2D eigenvalue weighted by atomic mass is 9.76. The molecule has 0 heterocycles. The Morgan fingerprint density at radius 3 is 2.52 bits per heavy atom. The molecule has 1 unspecified atom stereocenters. The smallest absolute Gasteiger partial charge is 0.328 e. The van der Waals surface area contributed by atoms with Crippen molar-refractivity contribution in [1.82, 2.24) is 0 Å². The van der Waals surface area contributed by atoms with Crippen LogP contribution in [0.3, 0.4) is 0 Å². The highest BCUT2D eigenvalue weighted by molar-refractivity contribution is 9.10. The molecule has 1 aromatic rings. The van der Waals surface area contributed by atoms with Gasteiger partial charge in [-0.2, -0.15) is 0 Å². The lowest BCUT2D eigenvalue weighted by molar-refractivity contribution is -0.162. The number of carbonyl (C=O) groups excluding carboxylic acids is 1. The first-order chi connectivity index (χ1) is 10.0. The molecule has 1 rings (SSSR count). The van der Waals surface area contributed by atoms with Gasteiger partial charge in [0.1, 0.15) is 0 Å². The van der Waals surface area contributed by atoms with Gasteiger partial charge in [-0.3, -0.25) is 9.59 Å². The number of rotatable bonds is 8. The molecule has 0 aliphatic heterocycles. The molecule has 5 nitrogen and oxygen atoms in total. The maximum atomic E-state index is 12.4. The summed E-state index contributed by atoms with van der Waals surface area (Å²) >= 11 is 3.33. The van der Waals surface area contributed by atoms with Gasteiger partial charge in [-0.25, -0.2) is 0 Å². The van der Waals surface area contributed by atoms with E-state index < -0.39 is 17.4 Å². The van der Waals surface area contributed by atoms with E-state index >= 15 is 0 Å². The van der Waals surface area contributed by atoms with Crippen LogP contribution in [0.1, 0.15) is 25.3 Å². The highest BCUT2D eigenvalue weighted by Gasteiger charge is 2.49. The maximum Gasteiger partial charge on any atom is 0.328 e. The number of hydrogen-bond donors (Lipinski definition) is 1. The number of hydrogen-bond acceptors (Lipinski definition) is 4. The van der Waals surface area contributed by atoms with Gasteiger partial charge in [0, 0.05) is 18.2 Å². The summed E-state index contributed by atoms with van der Waals surface area (Å²) in [6.45, 7) is 2.15. The quantitative estimate of drug-likeness (QED) is 0.439. The van der Waals surface area contributed by atoms with Crippen LogP contribution in [0.4, 0.5) is 0 Å². The van der Waals surface area contributed by atoms with E-state index in [1.807, 2.05) is 0 Å². The number of carboxylic acids is 1. The summed E-state index contributed by atoms with van der Waals surface area (Å²) in [6, 6.07) is 6.80. The Hall–Kier alpha value is -1.40. The second-order valence-electron chi connectivity index (χ2n) is 4.51. The van der Waals surface area contributed by atoms with Crippen LogP contribution in [0.5, 0.6) is 0 Å². The van der Waals surface area contributed by atoms with Crippen molar-refractivity contribution in [2.75, 3.05) is 20.3 Å². The fraction of sp³-hybridized carbons (Fsp3) is 0.467. The van der Waals surface area contributed by atoms with Crippen molar-refractivity contribution in [2.24, 2.45) is 0 Å². The zero-order chi connectivity index (χ0) is 15.9. The third kappa shape index (κ3) is 3.83. The fourth-order valence-corrected chi connectivity index (χ4v) is 2.82. The van der Waals surface area contributed by atoms with Gasteiger partial charge in [0.15, 0.2) is 5.41 Å². The standard InChI is InChI=1S/C15H19BrO5/c1-3-21-14(19)15(13(17)18,9-6-10-20-2)11-7-4-5-8-12(11)16/h4-5,7-8H,3,6,9-10H2,1-2H3,(H,17,18). The van der Waals surface area contributed by atoms with Gasteiger partial charge in [-0.05, 0) is 31.4 Å². The Morgan fingerprint density at radius 1 is 1.33 bits per heavy atom. The molecule has 0 saturated carbocycles. The normalized spacial score (nSPS) is 13.5.